The lowest BCUT2D eigenvalue weighted by Gasteiger charge is -2.12. The van der Waals surface area contributed by atoms with Gasteiger partial charge in [-0.2, -0.15) is 0 Å². The molecule has 0 saturated carbocycles. The van der Waals surface area contributed by atoms with Crippen LogP contribution in [-0.2, 0) is 11.3 Å². The molecular formula is C17H27N3O2. The Morgan fingerprint density at radius 1 is 1.14 bits per heavy atom. The minimum Gasteiger partial charge on any atom is -0.352 e. The van der Waals surface area contributed by atoms with Crippen LogP contribution in [0.15, 0.2) is 24.3 Å². The zero-order valence-electron chi connectivity index (χ0n) is 13.7. The van der Waals surface area contributed by atoms with Crippen molar-refractivity contribution in [1.29, 1.82) is 0 Å². The molecule has 0 spiro atoms. The molecule has 3 N–H and O–H groups in total. The maximum atomic E-state index is 11.9. The third kappa shape index (κ3) is 6.26. The predicted molar refractivity (Wildman–Crippen MR) is 88.6 cm³/mol. The fourth-order valence-corrected chi connectivity index (χ4v) is 2.02. The molecule has 5 heteroatoms. The van der Waals surface area contributed by atoms with Crippen LogP contribution >= 0.6 is 0 Å². The van der Waals surface area contributed by atoms with E-state index >= 15 is 0 Å². The second kappa shape index (κ2) is 9.95. The highest BCUT2D eigenvalue weighted by molar-refractivity contribution is 5.94. The Bertz CT molecular complexity index is 471. The molecular weight excluding hydrogens is 278 g/mol. The summed E-state index contributed by atoms with van der Waals surface area (Å²) in [6.07, 6.45) is 2.05. The third-order valence-electron chi connectivity index (χ3n) is 3.46. The predicted octanol–water partition coefficient (Wildman–Crippen LogP) is 1.69. The SMILES string of the molecule is CCCCNC(=O)c1ccc(CNC(=O)C(C)CNC)cc1. The maximum Gasteiger partial charge on any atom is 0.251 e. The van der Waals surface area contributed by atoms with E-state index in [0.29, 0.717) is 25.2 Å². The van der Waals surface area contributed by atoms with E-state index in [9.17, 15) is 9.59 Å². The molecule has 0 aliphatic carbocycles. The van der Waals surface area contributed by atoms with Crippen LogP contribution in [0.4, 0.5) is 0 Å². The average Bonchev–Trinajstić information content (AvgIpc) is 2.53. The van der Waals surface area contributed by atoms with Crippen LogP contribution in [0.25, 0.3) is 0 Å². The highest BCUT2D eigenvalue weighted by Gasteiger charge is 2.11. The van der Waals surface area contributed by atoms with E-state index in [0.717, 1.165) is 18.4 Å². The highest BCUT2D eigenvalue weighted by Crippen LogP contribution is 2.05. The van der Waals surface area contributed by atoms with Crippen LogP contribution in [0.1, 0.15) is 42.6 Å². The lowest BCUT2D eigenvalue weighted by Crippen LogP contribution is -2.33. The van der Waals surface area contributed by atoms with E-state index in [-0.39, 0.29) is 17.7 Å². The zero-order valence-corrected chi connectivity index (χ0v) is 13.7. The number of carbonyl (C=O) groups excluding carboxylic acids is 2. The number of benzene rings is 1. The molecule has 0 aromatic heterocycles. The number of carbonyl (C=O) groups is 2. The van der Waals surface area contributed by atoms with Crippen LogP contribution in [0.5, 0.6) is 0 Å². The van der Waals surface area contributed by atoms with Gasteiger partial charge in [0.15, 0.2) is 0 Å². The average molecular weight is 305 g/mol. The summed E-state index contributed by atoms with van der Waals surface area (Å²) in [6.45, 7) is 5.81. The first-order valence-corrected chi connectivity index (χ1v) is 7.88. The van der Waals surface area contributed by atoms with E-state index in [1.165, 1.54) is 0 Å². The topological polar surface area (TPSA) is 70.2 Å². The van der Waals surface area contributed by atoms with Gasteiger partial charge in [-0.05, 0) is 31.2 Å². The molecule has 2 amide bonds. The van der Waals surface area contributed by atoms with Crippen molar-refractivity contribution in [2.24, 2.45) is 5.92 Å². The van der Waals surface area contributed by atoms with Crippen molar-refractivity contribution in [3.05, 3.63) is 35.4 Å². The minimum absolute atomic E-state index is 0.0238. The molecule has 1 unspecified atom stereocenters. The molecule has 22 heavy (non-hydrogen) atoms. The van der Waals surface area contributed by atoms with Crippen molar-refractivity contribution in [3.63, 3.8) is 0 Å². The Morgan fingerprint density at radius 3 is 2.41 bits per heavy atom. The Morgan fingerprint density at radius 2 is 1.82 bits per heavy atom. The summed E-state index contributed by atoms with van der Waals surface area (Å²) < 4.78 is 0. The number of hydrogen-bond acceptors (Lipinski definition) is 3. The van der Waals surface area contributed by atoms with Gasteiger partial charge >= 0.3 is 0 Å². The van der Waals surface area contributed by atoms with Gasteiger partial charge in [0.25, 0.3) is 5.91 Å². The summed E-state index contributed by atoms with van der Waals surface area (Å²) in [5, 5.41) is 8.76. The van der Waals surface area contributed by atoms with Crippen LogP contribution in [0.3, 0.4) is 0 Å². The van der Waals surface area contributed by atoms with Gasteiger partial charge in [0.1, 0.15) is 0 Å². The summed E-state index contributed by atoms with van der Waals surface area (Å²) in [4.78, 5) is 23.7. The molecule has 0 aliphatic heterocycles. The van der Waals surface area contributed by atoms with Gasteiger partial charge in [-0.1, -0.05) is 32.4 Å². The van der Waals surface area contributed by atoms with Crippen molar-refractivity contribution in [3.8, 4) is 0 Å². The van der Waals surface area contributed by atoms with Gasteiger partial charge in [-0.25, -0.2) is 0 Å². The molecule has 5 nitrogen and oxygen atoms in total. The van der Waals surface area contributed by atoms with Gasteiger partial charge in [0, 0.05) is 31.1 Å². The van der Waals surface area contributed by atoms with Crippen LogP contribution in [-0.4, -0.2) is 32.0 Å². The first-order valence-electron chi connectivity index (χ1n) is 7.88. The molecule has 0 aliphatic rings. The van der Waals surface area contributed by atoms with E-state index in [2.05, 4.69) is 22.9 Å². The fourth-order valence-electron chi connectivity index (χ4n) is 2.02. The van der Waals surface area contributed by atoms with E-state index in [1.54, 1.807) is 12.1 Å². The summed E-state index contributed by atoms with van der Waals surface area (Å²) in [5.74, 6) is -0.0870. The van der Waals surface area contributed by atoms with Gasteiger partial charge in [0.2, 0.25) is 5.91 Å². The largest absolute Gasteiger partial charge is 0.352 e. The molecule has 0 saturated heterocycles. The van der Waals surface area contributed by atoms with E-state index < -0.39 is 0 Å². The van der Waals surface area contributed by atoms with Crippen molar-refractivity contribution in [2.75, 3.05) is 20.1 Å². The molecule has 0 bridgehead atoms. The van der Waals surface area contributed by atoms with Gasteiger partial charge < -0.3 is 16.0 Å². The van der Waals surface area contributed by atoms with Crippen molar-refractivity contribution < 1.29 is 9.59 Å². The van der Waals surface area contributed by atoms with Crippen molar-refractivity contribution >= 4 is 11.8 Å². The zero-order chi connectivity index (χ0) is 16.4. The lowest BCUT2D eigenvalue weighted by atomic mass is 10.1. The van der Waals surface area contributed by atoms with Crippen molar-refractivity contribution in [1.82, 2.24) is 16.0 Å². The number of nitrogens with one attached hydrogen (secondary N) is 3. The number of amides is 2. The normalized spacial score (nSPS) is 11.8. The number of rotatable bonds is 9. The van der Waals surface area contributed by atoms with Gasteiger partial charge in [0.05, 0.1) is 0 Å². The molecule has 122 valence electrons. The van der Waals surface area contributed by atoms with E-state index in [1.807, 2.05) is 26.1 Å². The first-order chi connectivity index (χ1) is 10.6. The Balaban J connectivity index is 2.44. The molecule has 0 fully saturated rings. The summed E-state index contributed by atoms with van der Waals surface area (Å²) >= 11 is 0. The molecule has 0 radical (unpaired) electrons. The lowest BCUT2D eigenvalue weighted by molar-refractivity contribution is -0.124. The van der Waals surface area contributed by atoms with Gasteiger partial charge in [-0.15, -0.1) is 0 Å². The second-order valence-electron chi connectivity index (χ2n) is 5.48. The Kier molecular flexibility index (Phi) is 8.22. The molecule has 1 aromatic rings. The smallest absolute Gasteiger partial charge is 0.251 e. The molecule has 1 aromatic carbocycles. The molecule has 0 heterocycles. The van der Waals surface area contributed by atoms with Crippen LogP contribution in [0.2, 0.25) is 0 Å². The third-order valence-corrected chi connectivity index (χ3v) is 3.46. The molecule has 1 rings (SSSR count). The standard InChI is InChI=1S/C17H27N3O2/c1-4-5-10-19-17(22)15-8-6-14(7-9-15)12-20-16(21)13(2)11-18-3/h6-9,13,18H,4-5,10-12H2,1-3H3,(H,19,22)(H,20,21). The minimum atomic E-state index is -0.0615. The Labute approximate surface area is 132 Å². The number of unbranched alkanes of at least 4 members (excludes halogenated alkanes) is 1. The summed E-state index contributed by atoms with van der Waals surface area (Å²) in [6, 6.07) is 7.33. The summed E-state index contributed by atoms with van der Waals surface area (Å²) in [7, 11) is 1.83. The van der Waals surface area contributed by atoms with Crippen LogP contribution in [0, 0.1) is 5.92 Å². The van der Waals surface area contributed by atoms with Gasteiger partial charge in [-0.3, -0.25) is 9.59 Å². The van der Waals surface area contributed by atoms with E-state index in [4.69, 9.17) is 0 Å². The summed E-state index contributed by atoms with van der Waals surface area (Å²) in [5.41, 5.74) is 1.63. The van der Waals surface area contributed by atoms with Crippen molar-refractivity contribution in [2.45, 2.75) is 33.2 Å². The first kappa shape index (κ1) is 18.2. The van der Waals surface area contributed by atoms with Crippen LogP contribution < -0.4 is 16.0 Å². The second-order valence-corrected chi connectivity index (χ2v) is 5.48. The Hall–Kier alpha value is -1.88. The highest BCUT2D eigenvalue weighted by atomic mass is 16.2. The number of hydrogen-bond donors (Lipinski definition) is 3. The molecule has 1 atom stereocenters. The maximum absolute atomic E-state index is 11.9. The monoisotopic (exact) mass is 305 g/mol. The quantitative estimate of drug-likeness (QED) is 0.608. The fraction of sp³-hybridized carbons (Fsp3) is 0.529.